The summed E-state index contributed by atoms with van der Waals surface area (Å²) < 4.78 is 41.6. The van der Waals surface area contributed by atoms with Gasteiger partial charge in [0.2, 0.25) is 0 Å². The predicted octanol–water partition coefficient (Wildman–Crippen LogP) is 4.96. The van der Waals surface area contributed by atoms with Gasteiger partial charge in [-0.2, -0.15) is 13.2 Å². The lowest BCUT2D eigenvalue weighted by atomic mass is 9.97. The average molecular weight is 489 g/mol. The van der Waals surface area contributed by atoms with Gasteiger partial charge >= 0.3 is 12.1 Å². The fraction of sp³-hybridized carbons (Fsp3) is 0.400. The zero-order chi connectivity index (χ0) is 25.5. The van der Waals surface area contributed by atoms with Gasteiger partial charge in [-0.25, -0.2) is 9.78 Å². The second-order valence-corrected chi connectivity index (χ2v) is 9.08. The lowest BCUT2D eigenvalue weighted by molar-refractivity contribution is -0.176. The van der Waals surface area contributed by atoms with E-state index in [-0.39, 0.29) is 29.9 Å². The van der Waals surface area contributed by atoms with Crippen LogP contribution in [0.1, 0.15) is 52.9 Å². The Kier molecular flexibility index (Phi) is 6.48. The maximum absolute atomic E-state index is 13.4. The molecule has 4 rings (SSSR count). The molecule has 1 saturated heterocycles. The zero-order valence-corrected chi connectivity index (χ0v) is 19.7. The van der Waals surface area contributed by atoms with Crippen molar-refractivity contribution in [3.8, 4) is 0 Å². The first-order valence-electron chi connectivity index (χ1n) is 11.4. The van der Waals surface area contributed by atoms with E-state index in [0.29, 0.717) is 35.4 Å². The second kappa shape index (κ2) is 9.24. The van der Waals surface area contributed by atoms with Crippen molar-refractivity contribution in [1.29, 1.82) is 0 Å². The highest BCUT2D eigenvalue weighted by atomic mass is 19.4. The number of pyridine rings is 1. The summed E-state index contributed by atoms with van der Waals surface area (Å²) in [6.45, 7) is 5.38. The minimum atomic E-state index is -4.31. The standard InChI is InChI=1S/C25H27F3N4O3/c1-14-11-19(16(3)29-20-9-5-4-8-18(20)24(34)35)22-30-21(15(2)23(33)32(22)12-14)31-10-6-7-17(13-31)25(26,27)28/h4-5,8-9,11-12,16-17,29H,6-7,10,13H2,1-3H3,(H,34,35)/t16-,17-/m1/s1. The van der Waals surface area contributed by atoms with Gasteiger partial charge < -0.3 is 15.3 Å². The molecule has 0 saturated carbocycles. The molecule has 1 fully saturated rings. The first-order valence-corrected chi connectivity index (χ1v) is 11.4. The molecule has 0 bridgehead atoms. The number of rotatable bonds is 5. The van der Waals surface area contributed by atoms with Crippen molar-refractivity contribution in [3.05, 3.63) is 69.1 Å². The molecule has 10 heteroatoms. The van der Waals surface area contributed by atoms with Crippen LogP contribution in [0.4, 0.5) is 24.7 Å². The van der Waals surface area contributed by atoms with E-state index in [4.69, 9.17) is 4.98 Å². The van der Waals surface area contributed by atoms with Crippen molar-refractivity contribution in [2.45, 2.75) is 45.8 Å². The molecule has 0 radical (unpaired) electrons. The first kappa shape index (κ1) is 24.6. The highest BCUT2D eigenvalue weighted by Gasteiger charge is 2.42. The number of benzene rings is 1. The predicted molar refractivity (Wildman–Crippen MR) is 127 cm³/mol. The molecule has 1 aliphatic heterocycles. The Labute approximate surface area is 200 Å². The molecule has 2 N–H and O–H groups in total. The second-order valence-electron chi connectivity index (χ2n) is 9.08. The van der Waals surface area contributed by atoms with E-state index in [2.05, 4.69) is 5.32 Å². The van der Waals surface area contributed by atoms with E-state index >= 15 is 0 Å². The van der Waals surface area contributed by atoms with Gasteiger partial charge in [-0.1, -0.05) is 12.1 Å². The highest BCUT2D eigenvalue weighted by molar-refractivity contribution is 5.94. The number of aryl methyl sites for hydroxylation is 1. The average Bonchev–Trinajstić information content (AvgIpc) is 2.81. The number of nitrogens with zero attached hydrogens (tertiary/aromatic N) is 3. The molecule has 0 unspecified atom stereocenters. The summed E-state index contributed by atoms with van der Waals surface area (Å²) in [7, 11) is 0. The van der Waals surface area contributed by atoms with Crippen LogP contribution in [0.2, 0.25) is 0 Å². The smallest absolute Gasteiger partial charge is 0.393 e. The number of alkyl halides is 3. The Bertz CT molecular complexity index is 1340. The summed E-state index contributed by atoms with van der Waals surface area (Å²) in [5, 5.41) is 12.7. The number of nitrogens with one attached hydrogen (secondary N) is 1. The summed E-state index contributed by atoms with van der Waals surface area (Å²) in [4.78, 5) is 31.2. The monoisotopic (exact) mass is 488 g/mol. The molecular formula is C25H27F3N4O3. The lowest BCUT2D eigenvalue weighted by Gasteiger charge is -2.35. The van der Waals surface area contributed by atoms with Gasteiger partial charge in [0.05, 0.1) is 23.1 Å². The molecule has 1 aliphatic rings. The Morgan fingerprint density at radius 2 is 1.97 bits per heavy atom. The number of aromatic nitrogens is 2. The van der Waals surface area contributed by atoms with E-state index in [1.807, 2.05) is 19.9 Å². The molecule has 7 nitrogen and oxygen atoms in total. The van der Waals surface area contributed by atoms with Crippen molar-refractivity contribution in [1.82, 2.24) is 9.38 Å². The third kappa shape index (κ3) is 4.82. The van der Waals surface area contributed by atoms with Gasteiger partial charge in [-0.15, -0.1) is 0 Å². The van der Waals surface area contributed by atoms with Gasteiger partial charge in [0.1, 0.15) is 11.5 Å². The van der Waals surface area contributed by atoms with E-state index in [1.165, 1.54) is 10.5 Å². The zero-order valence-electron chi connectivity index (χ0n) is 19.7. The van der Waals surface area contributed by atoms with Crippen molar-refractivity contribution in [2.24, 2.45) is 5.92 Å². The van der Waals surface area contributed by atoms with Crippen LogP contribution in [0.5, 0.6) is 0 Å². The van der Waals surface area contributed by atoms with Crippen LogP contribution in [-0.4, -0.2) is 39.7 Å². The Morgan fingerprint density at radius 3 is 2.66 bits per heavy atom. The maximum atomic E-state index is 13.4. The Morgan fingerprint density at radius 1 is 1.26 bits per heavy atom. The normalized spacial score (nSPS) is 17.4. The summed E-state index contributed by atoms with van der Waals surface area (Å²) in [5.74, 6) is -2.29. The summed E-state index contributed by atoms with van der Waals surface area (Å²) in [5.41, 5.74) is 2.20. The van der Waals surface area contributed by atoms with E-state index in [0.717, 1.165) is 5.56 Å². The first-order chi connectivity index (χ1) is 16.5. The fourth-order valence-corrected chi connectivity index (χ4v) is 4.65. The van der Waals surface area contributed by atoms with Crippen LogP contribution in [0, 0.1) is 19.8 Å². The van der Waals surface area contributed by atoms with E-state index < -0.39 is 24.1 Å². The van der Waals surface area contributed by atoms with Crippen molar-refractivity contribution in [2.75, 3.05) is 23.3 Å². The third-order valence-electron chi connectivity index (χ3n) is 6.47. The number of carboxylic acids is 1. The molecule has 2 aromatic heterocycles. The van der Waals surface area contributed by atoms with Crippen molar-refractivity contribution in [3.63, 3.8) is 0 Å². The molecule has 0 amide bonds. The number of fused-ring (bicyclic) bond motifs is 1. The summed E-state index contributed by atoms with van der Waals surface area (Å²) in [6.07, 6.45) is -2.25. The largest absolute Gasteiger partial charge is 0.478 e. The van der Waals surface area contributed by atoms with Gasteiger partial charge in [-0.3, -0.25) is 9.20 Å². The van der Waals surface area contributed by atoms with Gasteiger partial charge in [0.15, 0.2) is 0 Å². The minimum Gasteiger partial charge on any atom is -0.478 e. The maximum Gasteiger partial charge on any atom is 0.393 e. The molecule has 0 aliphatic carbocycles. The highest BCUT2D eigenvalue weighted by Crippen LogP contribution is 2.35. The van der Waals surface area contributed by atoms with Gasteiger partial charge in [0, 0.05) is 30.5 Å². The number of hydrogen-bond acceptors (Lipinski definition) is 5. The third-order valence-corrected chi connectivity index (χ3v) is 6.47. The summed E-state index contributed by atoms with van der Waals surface area (Å²) >= 11 is 0. The van der Waals surface area contributed by atoms with Crippen LogP contribution < -0.4 is 15.8 Å². The van der Waals surface area contributed by atoms with Gasteiger partial charge in [-0.05, 0) is 57.4 Å². The molecule has 3 heterocycles. The fourth-order valence-electron chi connectivity index (χ4n) is 4.65. The van der Waals surface area contributed by atoms with E-state index in [9.17, 15) is 27.9 Å². The van der Waals surface area contributed by atoms with Gasteiger partial charge in [0.25, 0.3) is 5.56 Å². The number of para-hydroxylation sites is 1. The van der Waals surface area contributed by atoms with E-state index in [1.54, 1.807) is 36.2 Å². The number of piperidine rings is 1. The van der Waals surface area contributed by atoms with Crippen LogP contribution in [0.3, 0.4) is 0 Å². The molecular weight excluding hydrogens is 461 g/mol. The Hall–Kier alpha value is -3.56. The lowest BCUT2D eigenvalue weighted by Crippen LogP contribution is -2.43. The topological polar surface area (TPSA) is 86.9 Å². The molecule has 2 atom stereocenters. The molecule has 3 aromatic rings. The number of carbonyl (C=O) groups is 1. The number of halogens is 3. The van der Waals surface area contributed by atoms with Crippen LogP contribution >= 0.6 is 0 Å². The number of carboxylic acid groups (broad SMARTS) is 1. The van der Waals surface area contributed by atoms with Crippen molar-refractivity contribution >= 4 is 23.1 Å². The quantitative estimate of drug-likeness (QED) is 0.528. The minimum absolute atomic E-state index is 0.0556. The number of anilines is 2. The van der Waals surface area contributed by atoms with Crippen LogP contribution in [-0.2, 0) is 0 Å². The van der Waals surface area contributed by atoms with Crippen LogP contribution in [0.25, 0.3) is 5.65 Å². The molecule has 0 spiro atoms. The summed E-state index contributed by atoms with van der Waals surface area (Å²) in [6, 6.07) is 7.88. The van der Waals surface area contributed by atoms with Crippen molar-refractivity contribution < 1.29 is 23.1 Å². The Balaban J connectivity index is 1.80. The number of hydrogen-bond donors (Lipinski definition) is 2. The molecule has 1 aromatic carbocycles. The number of aromatic carboxylic acids is 1. The van der Waals surface area contributed by atoms with Crippen LogP contribution in [0.15, 0.2) is 41.3 Å². The SMILES string of the molecule is Cc1cc([C@@H](C)Nc2ccccc2C(=O)O)c2nc(N3CCC[C@@H](C(F)(F)F)C3)c(C)c(=O)n2c1. The molecule has 186 valence electrons. The molecule has 35 heavy (non-hydrogen) atoms.